The van der Waals surface area contributed by atoms with E-state index in [4.69, 9.17) is 37.3 Å². The summed E-state index contributed by atoms with van der Waals surface area (Å²) < 4.78 is 17.3. The number of aromatic hydroxyl groups is 1. The van der Waals surface area contributed by atoms with Gasteiger partial charge < -0.3 is 98.6 Å². The second kappa shape index (κ2) is 39.9. The fraction of sp³-hybridized carbons (Fsp3) is 0.621. The maximum atomic E-state index is 15.4. The first-order valence-electron chi connectivity index (χ1n) is 32.7. The number of nitrogens with one attached hydrogen (secondary N) is 9. The number of rotatable bonds is 26. The number of cyclic esters (lactones) is 1. The summed E-state index contributed by atoms with van der Waals surface area (Å²) in [6, 6.07) is -10.1. The van der Waals surface area contributed by atoms with E-state index < -0.39 is 210 Å². The Morgan fingerprint density at radius 3 is 2.04 bits per heavy atom. The summed E-state index contributed by atoms with van der Waals surface area (Å²) >= 11 is 6.76. The number of aliphatic hydroxyl groups is 2. The number of carbonyl (C=O) groups is 13. The minimum absolute atomic E-state index is 0.0579. The van der Waals surface area contributed by atoms with E-state index in [0.717, 1.165) is 36.0 Å². The van der Waals surface area contributed by atoms with Crippen molar-refractivity contribution in [2.24, 2.45) is 41.1 Å². The first kappa shape index (κ1) is 84.7. The van der Waals surface area contributed by atoms with Gasteiger partial charge in [-0.2, -0.15) is 0 Å². The van der Waals surface area contributed by atoms with E-state index >= 15 is 19.2 Å². The number of hydrogen-bond acceptors (Lipinski definition) is 20. The Balaban J connectivity index is 2.19. The van der Waals surface area contributed by atoms with Gasteiger partial charge in [0, 0.05) is 45.1 Å². The summed E-state index contributed by atoms with van der Waals surface area (Å²) in [6.45, 7) is 15.7. The van der Waals surface area contributed by atoms with Crippen LogP contribution in [0, 0.1) is 29.6 Å². The highest BCUT2D eigenvalue weighted by Crippen LogP contribution is 2.31. The van der Waals surface area contributed by atoms with E-state index in [-0.39, 0.29) is 30.7 Å². The third-order valence-corrected chi connectivity index (χ3v) is 17.6. The minimum atomic E-state index is -2.11. The zero-order valence-corrected chi connectivity index (χ0v) is 59.6. The number of piperidine rings is 1. The normalized spacial score (nSPS) is 24.5. The molecule has 0 aromatic heterocycles. The molecule has 32 nitrogen and oxygen atoms in total. The lowest BCUT2D eigenvalue weighted by molar-refractivity contribution is -0.168. The Hall–Kier alpha value is -8.56. The average molecular weight is 1420 g/mol. The Morgan fingerprint density at radius 2 is 1.48 bits per heavy atom. The van der Waals surface area contributed by atoms with Crippen LogP contribution in [-0.4, -0.2) is 228 Å². The first-order valence-corrected chi connectivity index (χ1v) is 33.1. The second-order valence-corrected chi connectivity index (χ2v) is 26.1. The molecule has 0 bridgehead atoms. The third kappa shape index (κ3) is 24.7. The number of likely N-dealkylation sites (N-methyl/N-ethyl adjacent to an activating group) is 1. The van der Waals surface area contributed by atoms with Crippen LogP contribution in [0.5, 0.6) is 5.75 Å². The molecular weight excluding hydrogens is 1310 g/mol. The van der Waals surface area contributed by atoms with E-state index in [9.17, 15) is 58.5 Å². The summed E-state index contributed by atoms with van der Waals surface area (Å²) in [5, 5.41) is 53.2. The number of benzene rings is 1. The fourth-order valence-electron chi connectivity index (χ4n) is 10.8. The van der Waals surface area contributed by atoms with Gasteiger partial charge in [0.25, 0.3) is 5.91 Å². The molecule has 0 saturated carbocycles. The Kier molecular flexibility index (Phi) is 34.1. The first-order chi connectivity index (χ1) is 46.3. The molecule has 1 aromatic rings. The van der Waals surface area contributed by atoms with E-state index in [0.29, 0.717) is 5.92 Å². The van der Waals surface area contributed by atoms with Crippen LogP contribution in [0.15, 0.2) is 59.8 Å². The number of methoxy groups -OCH3 is 2. The summed E-state index contributed by atoms with van der Waals surface area (Å²) in [7, 11) is 3.53. The largest absolute Gasteiger partial charge is 0.508 e. The van der Waals surface area contributed by atoms with Gasteiger partial charge in [0.1, 0.15) is 72.0 Å². The van der Waals surface area contributed by atoms with Gasteiger partial charge >= 0.3 is 5.97 Å². The molecule has 2 aliphatic rings. The molecule has 0 radical (unpaired) electrons. The van der Waals surface area contributed by atoms with Crippen molar-refractivity contribution in [2.45, 2.75) is 187 Å². The van der Waals surface area contributed by atoms with Gasteiger partial charge in [0.2, 0.25) is 65.0 Å². The number of esters is 1. The summed E-state index contributed by atoms with van der Waals surface area (Å²) in [6.07, 6.45) is 0.864. The predicted octanol–water partition coefficient (Wildman–Crippen LogP) is -2.05. The number of ether oxygens (including phenoxy) is 3. The van der Waals surface area contributed by atoms with E-state index in [1.165, 1.54) is 106 Å². The van der Waals surface area contributed by atoms with Gasteiger partial charge in [-0.1, -0.05) is 96.9 Å². The number of phenolic OH excluding ortho intramolecular Hbond substituents is 1. The smallest absolute Gasteiger partial charge is 0.329 e. The molecule has 12 amide bonds. The van der Waals surface area contributed by atoms with Crippen LogP contribution in [0.2, 0.25) is 0 Å². The molecule has 1 unspecified atom stereocenters. The van der Waals surface area contributed by atoms with Crippen molar-refractivity contribution in [2.75, 3.05) is 47.5 Å². The number of carbonyl (C=O) groups excluding carboxylic acids is 13. The second-order valence-electron chi connectivity index (χ2n) is 25.4. The lowest BCUT2D eigenvalue weighted by atomic mass is 9.87. The molecule has 0 spiro atoms. The van der Waals surface area contributed by atoms with Crippen LogP contribution < -0.4 is 59.3 Å². The quantitative estimate of drug-likeness (QED) is 0.0205. The molecule has 552 valence electrons. The minimum Gasteiger partial charge on any atom is -0.508 e. The van der Waals surface area contributed by atoms with Crippen molar-refractivity contribution >= 4 is 88.5 Å². The number of allylic oxidation sites excluding steroid dienone is 4. The monoisotopic (exact) mass is 1420 g/mol. The van der Waals surface area contributed by atoms with Gasteiger partial charge in [0.05, 0.1) is 37.8 Å². The highest BCUT2D eigenvalue weighted by molar-refractivity contribution is 6.21. The van der Waals surface area contributed by atoms with Crippen LogP contribution in [0.3, 0.4) is 0 Å². The van der Waals surface area contributed by atoms with Crippen molar-refractivity contribution in [1.82, 2.24) is 57.7 Å². The number of primary amides is 1. The number of phenols is 1. The molecule has 2 aliphatic heterocycles. The molecule has 16 N–H and O–H groups in total. The van der Waals surface area contributed by atoms with Gasteiger partial charge in [0.15, 0.2) is 0 Å². The third-order valence-electron chi connectivity index (χ3n) is 17.2. The Bertz CT molecular complexity index is 3130. The number of amides is 12. The van der Waals surface area contributed by atoms with Gasteiger partial charge in [-0.05, 0) is 82.9 Å². The van der Waals surface area contributed by atoms with Crippen molar-refractivity contribution in [1.29, 1.82) is 0 Å². The van der Waals surface area contributed by atoms with Gasteiger partial charge in [-0.15, -0.1) is 11.6 Å². The molecule has 33 heteroatoms. The summed E-state index contributed by atoms with van der Waals surface area (Å²) in [4.78, 5) is 186. The molecule has 3 rings (SSSR count). The summed E-state index contributed by atoms with van der Waals surface area (Å²) in [5.41, 5.74) is 12.7. The lowest BCUT2D eigenvalue weighted by Gasteiger charge is -2.41. The molecule has 2 heterocycles. The number of aliphatic hydroxyl groups excluding tert-OH is 2. The van der Waals surface area contributed by atoms with E-state index in [1.807, 2.05) is 26.8 Å². The van der Waals surface area contributed by atoms with Crippen molar-refractivity contribution < 1.29 is 91.9 Å². The zero-order chi connectivity index (χ0) is 75.0. The van der Waals surface area contributed by atoms with Crippen LogP contribution in [-0.2, 0) is 76.5 Å². The number of alkyl halides is 1. The molecule has 99 heavy (non-hydrogen) atoms. The Morgan fingerprint density at radius 1 is 0.848 bits per heavy atom. The standard InChI is InChI=1S/C66H102ClN13O19/c1-16-32(5)26-33(6)18-23-46(83)36(9)57(87)70-29-48(85)73-43(17-2)59(89)76-50(37(10)68)61(91)75-49(34(7)35(8)56(69)86)60(90)77-51-54(31(3)4)99-66(96)45-27-41(67)24-25-80(45)65(95)52(55(98-15)40-19-21-42(82)22-20-40)78-63(93)53(39(12)81)79(13)64(94)38(11)72-47(84)28-71-58(88)44(30-97-14)74-62(51)92/h17-23,26,31-32,34-39,41,44-46,49-55,81-83H,16,24-25,27-30,68H2,1-15H3,(H2,69,86)(H,70,87)(H,71,88)(H,72,84)(H,73,85)(H,74,92)(H,75,91)(H,76,89)(H,77,90)(H,78,93)/t32-,34+,35-,36-,37+,38+,39-,41+,44-,45+,46+,49+,50+,51-,52-,53?,54-,55-/m1/s1. The Labute approximate surface area is 582 Å². The maximum absolute atomic E-state index is 15.4. The molecule has 18 atom stereocenters. The van der Waals surface area contributed by atoms with Crippen LogP contribution in [0.4, 0.5) is 0 Å². The highest BCUT2D eigenvalue weighted by Gasteiger charge is 2.48. The van der Waals surface area contributed by atoms with Crippen LogP contribution in [0.1, 0.15) is 114 Å². The molecule has 0 aliphatic carbocycles. The van der Waals surface area contributed by atoms with Crippen molar-refractivity contribution in [3.63, 3.8) is 0 Å². The molecule has 2 fully saturated rings. The maximum Gasteiger partial charge on any atom is 0.329 e. The molecular formula is C66H102ClN13O19. The lowest BCUT2D eigenvalue weighted by Crippen LogP contribution is -2.66. The van der Waals surface area contributed by atoms with Gasteiger partial charge in [-0.25, -0.2) is 4.79 Å². The summed E-state index contributed by atoms with van der Waals surface area (Å²) in [5.74, 6) is -18.1. The topological polar surface area (TPSA) is 477 Å². The van der Waals surface area contributed by atoms with Crippen molar-refractivity contribution in [3.8, 4) is 5.75 Å². The number of halogens is 1. The SMILES string of the molecule is CC=C(NC(=O)CNC(=O)[C@H](C)[C@@H](O)C=CC(C)=C[C@H](C)CC)C(=O)N[C@H](C(=O)N[C@H](C(=O)N[C@H]1C(=O)N[C@H](COC)C(=O)NCC(=O)N[C@@H](C)C(=O)N(C)C([C@@H](C)O)C(=O)N[C@H]([C@H](OC)c2ccc(O)cc2)C(=O)N2CC[C@H](Cl)C[C@H]2C(=O)O[C@@H]1C(C)C)[C@@H](C)[C@@H](C)C(N)=O)[C@H](C)N. The number of nitrogens with zero attached hydrogens (tertiary/aromatic N) is 2. The van der Waals surface area contributed by atoms with Gasteiger partial charge in [-0.3, -0.25) is 57.5 Å². The average Bonchev–Trinajstić information content (AvgIpc) is 0.758. The van der Waals surface area contributed by atoms with Crippen LogP contribution in [0.25, 0.3) is 0 Å². The van der Waals surface area contributed by atoms with E-state index in [2.05, 4.69) is 47.9 Å². The van der Waals surface area contributed by atoms with Crippen molar-refractivity contribution in [3.05, 3.63) is 65.4 Å². The molecule has 2 saturated heterocycles. The number of fused-ring (bicyclic) bond motifs is 1. The molecule has 1 aromatic carbocycles. The highest BCUT2D eigenvalue weighted by atomic mass is 35.5. The zero-order valence-electron chi connectivity index (χ0n) is 58.8. The number of nitrogens with two attached hydrogens (primary N) is 2. The fourth-order valence-corrected chi connectivity index (χ4v) is 11.1. The predicted molar refractivity (Wildman–Crippen MR) is 361 cm³/mol. The number of hydrogen-bond donors (Lipinski definition) is 14. The van der Waals surface area contributed by atoms with E-state index in [1.54, 1.807) is 6.08 Å². The van der Waals surface area contributed by atoms with Crippen LogP contribution >= 0.6 is 11.6 Å².